The highest BCUT2D eigenvalue weighted by atomic mass is 35.5. The van der Waals surface area contributed by atoms with Gasteiger partial charge >= 0.3 is 0 Å². The fraction of sp³-hybridized carbons (Fsp3) is 0.308. The zero-order valence-electron chi connectivity index (χ0n) is 10.0. The van der Waals surface area contributed by atoms with E-state index in [1.807, 2.05) is 31.2 Å². The highest BCUT2D eigenvalue weighted by Crippen LogP contribution is 2.24. The lowest BCUT2D eigenvalue weighted by Crippen LogP contribution is -1.98. The van der Waals surface area contributed by atoms with E-state index in [1.165, 1.54) is 0 Å². The van der Waals surface area contributed by atoms with Gasteiger partial charge in [0.15, 0.2) is 0 Å². The van der Waals surface area contributed by atoms with Gasteiger partial charge in [-0.05, 0) is 36.6 Å². The Hall–Kier alpha value is -0.990. The minimum Gasteiger partial charge on any atom is -0.222 e. The zero-order chi connectivity index (χ0) is 12.6. The molecule has 2 rings (SSSR count). The summed E-state index contributed by atoms with van der Waals surface area (Å²) in [5.41, 5.74) is 2.91. The van der Waals surface area contributed by atoms with E-state index < -0.39 is 0 Å². The van der Waals surface area contributed by atoms with Crippen molar-refractivity contribution in [3.05, 3.63) is 45.7 Å². The summed E-state index contributed by atoms with van der Waals surface area (Å²) in [5, 5.41) is 5.80. The Morgan fingerprint density at radius 1 is 1.18 bits per heavy atom. The van der Waals surface area contributed by atoms with Crippen molar-refractivity contribution in [2.45, 2.75) is 26.7 Å². The number of rotatable bonds is 2. The zero-order valence-corrected chi connectivity index (χ0v) is 11.5. The Bertz CT molecular complexity index is 544. The van der Waals surface area contributed by atoms with Crippen LogP contribution in [0, 0.1) is 6.92 Å². The molecule has 4 heteroatoms. The van der Waals surface area contributed by atoms with E-state index in [-0.39, 0.29) is 0 Å². The minimum absolute atomic E-state index is 0.356. The molecule has 1 heterocycles. The monoisotopic (exact) mass is 268 g/mol. The molecule has 0 saturated heterocycles. The first kappa shape index (κ1) is 12.5. The van der Waals surface area contributed by atoms with E-state index in [9.17, 15) is 0 Å². The number of aromatic nitrogens is 2. The lowest BCUT2D eigenvalue weighted by atomic mass is 10.1. The first-order chi connectivity index (χ1) is 7.99. The van der Waals surface area contributed by atoms with Crippen LogP contribution in [-0.4, -0.2) is 9.78 Å². The molecule has 0 radical (unpaired) electrons. The summed E-state index contributed by atoms with van der Waals surface area (Å²) < 4.78 is 1.71. The van der Waals surface area contributed by atoms with E-state index in [0.29, 0.717) is 11.1 Å². The van der Waals surface area contributed by atoms with Gasteiger partial charge in [-0.3, -0.25) is 0 Å². The van der Waals surface area contributed by atoms with Gasteiger partial charge in [-0.15, -0.1) is 0 Å². The molecule has 0 saturated carbocycles. The van der Waals surface area contributed by atoms with E-state index in [0.717, 1.165) is 22.0 Å². The summed E-state index contributed by atoms with van der Waals surface area (Å²) in [6.07, 6.45) is 0. The number of halogens is 2. The molecular weight excluding hydrogens is 255 g/mol. The van der Waals surface area contributed by atoms with Crippen molar-refractivity contribution in [2.24, 2.45) is 0 Å². The van der Waals surface area contributed by atoms with E-state index in [1.54, 1.807) is 4.68 Å². The van der Waals surface area contributed by atoms with Crippen LogP contribution >= 0.6 is 23.2 Å². The fourth-order valence-electron chi connectivity index (χ4n) is 1.55. The van der Waals surface area contributed by atoms with Crippen LogP contribution in [0.15, 0.2) is 24.3 Å². The van der Waals surface area contributed by atoms with E-state index in [2.05, 4.69) is 18.9 Å². The van der Waals surface area contributed by atoms with Gasteiger partial charge in [-0.25, -0.2) is 4.68 Å². The van der Waals surface area contributed by atoms with Gasteiger partial charge in [0.2, 0.25) is 0 Å². The van der Waals surface area contributed by atoms with Crippen LogP contribution in [0.4, 0.5) is 0 Å². The van der Waals surface area contributed by atoms with Crippen molar-refractivity contribution < 1.29 is 0 Å². The molecule has 0 unspecified atom stereocenters. The van der Waals surface area contributed by atoms with Crippen LogP contribution in [0.25, 0.3) is 5.69 Å². The van der Waals surface area contributed by atoms with Gasteiger partial charge < -0.3 is 0 Å². The summed E-state index contributed by atoms with van der Waals surface area (Å²) in [7, 11) is 0. The molecule has 17 heavy (non-hydrogen) atoms. The van der Waals surface area contributed by atoms with Crippen molar-refractivity contribution in [1.82, 2.24) is 9.78 Å². The second-order valence-electron chi connectivity index (χ2n) is 4.39. The SMILES string of the molecule is Cc1ccc(-n2nc(C(C)C)cc2Cl)cc1Cl. The standard InChI is InChI=1S/C13H14Cl2N2/c1-8(2)12-7-13(15)17(16-12)10-5-4-9(3)11(14)6-10/h4-8H,1-3H3. The maximum absolute atomic E-state index is 6.17. The normalized spacial score (nSPS) is 11.2. The summed E-state index contributed by atoms with van der Waals surface area (Å²) in [6, 6.07) is 7.69. The molecule has 0 bridgehead atoms. The summed E-state index contributed by atoms with van der Waals surface area (Å²) in [6.45, 7) is 6.15. The molecule has 0 aliphatic heterocycles. The summed E-state index contributed by atoms with van der Waals surface area (Å²) in [5.74, 6) is 0.356. The molecule has 0 N–H and O–H groups in total. The molecule has 0 aliphatic rings. The summed E-state index contributed by atoms with van der Waals surface area (Å²) in [4.78, 5) is 0. The average Bonchev–Trinajstić information content (AvgIpc) is 2.65. The Kier molecular flexibility index (Phi) is 3.45. The van der Waals surface area contributed by atoms with Gasteiger partial charge in [0.1, 0.15) is 5.15 Å². The highest BCUT2D eigenvalue weighted by molar-refractivity contribution is 6.31. The Morgan fingerprint density at radius 2 is 1.88 bits per heavy atom. The van der Waals surface area contributed by atoms with Crippen LogP contribution in [0.1, 0.15) is 31.0 Å². The number of benzene rings is 1. The molecule has 2 aromatic rings. The van der Waals surface area contributed by atoms with Crippen molar-refractivity contribution in [2.75, 3.05) is 0 Å². The second kappa shape index (κ2) is 4.71. The fourth-order valence-corrected chi connectivity index (χ4v) is 1.97. The number of hydrogen-bond donors (Lipinski definition) is 0. The second-order valence-corrected chi connectivity index (χ2v) is 5.19. The molecule has 0 amide bonds. The largest absolute Gasteiger partial charge is 0.222 e. The predicted octanol–water partition coefficient (Wildman–Crippen LogP) is 4.61. The van der Waals surface area contributed by atoms with Crippen LogP contribution in [0.5, 0.6) is 0 Å². The van der Waals surface area contributed by atoms with Gasteiger partial charge in [0.05, 0.1) is 11.4 Å². The third kappa shape index (κ3) is 2.48. The third-order valence-electron chi connectivity index (χ3n) is 2.68. The highest BCUT2D eigenvalue weighted by Gasteiger charge is 2.11. The van der Waals surface area contributed by atoms with Crippen LogP contribution in [0.3, 0.4) is 0 Å². The van der Waals surface area contributed by atoms with Crippen molar-refractivity contribution in [1.29, 1.82) is 0 Å². The molecule has 1 aromatic heterocycles. The van der Waals surface area contributed by atoms with E-state index in [4.69, 9.17) is 23.2 Å². The lowest BCUT2D eigenvalue weighted by molar-refractivity contribution is 0.768. The molecule has 0 fully saturated rings. The Balaban J connectivity index is 2.49. The van der Waals surface area contributed by atoms with Crippen LogP contribution in [-0.2, 0) is 0 Å². The molecule has 0 aliphatic carbocycles. The van der Waals surface area contributed by atoms with Gasteiger partial charge in [0, 0.05) is 5.02 Å². The van der Waals surface area contributed by atoms with E-state index >= 15 is 0 Å². The van der Waals surface area contributed by atoms with Crippen molar-refractivity contribution >= 4 is 23.2 Å². The van der Waals surface area contributed by atoms with Crippen LogP contribution in [0.2, 0.25) is 10.2 Å². The van der Waals surface area contributed by atoms with Gasteiger partial charge in [0.25, 0.3) is 0 Å². The molecule has 2 nitrogen and oxygen atoms in total. The van der Waals surface area contributed by atoms with Gasteiger partial charge in [-0.1, -0.05) is 43.1 Å². The topological polar surface area (TPSA) is 17.8 Å². The lowest BCUT2D eigenvalue weighted by Gasteiger charge is -2.05. The maximum atomic E-state index is 6.17. The maximum Gasteiger partial charge on any atom is 0.133 e. The molecular formula is C13H14Cl2N2. The average molecular weight is 269 g/mol. The first-order valence-electron chi connectivity index (χ1n) is 5.51. The molecule has 90 valence electrons. The van der Waals surface area contributed by atoms with Crippen molar-refractivity contribution in [3.8, 4) is 5.69 Å². The number of hydrogen-bond acceptors (Lipinski definition) is 1. The Morgan fingerprint density at radius 3 is 2.41 bits per heavy atom. The third-order valence-corrected chi connectivity index (χ3v) is 3.35. The van der Waals surface area contributed by atoms with Crippen molar-refractivity contribution in [3.63, 3.8) is 0 Å². The van der Waals surface area contributed by atoms with Gasteiger partial charge in [-0.2, -0.15) is 5.10 Å². The molecule has 0 atom stereocenters. The quantitative estimate of drug-likeness (QED) is 0.778. The summed E-state index contributed by atoms with van der Waals surface area (Å²) >= 11 is 12.3. The number of aryl methyl sites for hydroxylation is 1. The smallest absolute Gasteiger partial charge is 0.133 e. The molecule has 0 spiro atoms. The first-order valence-corrected chi connectivity index (χ1v) is 6.26. The minimum atomic E-state index is 0.356. The predicted molar refractivity (Wildman–Crippen MR) is 72.4 cm³/mol. The Labute approximate surface area is 111 Å². The number of nitrogens with zero attached hydrogens (tertiary/aromatic N) is 2. The van der Waals surface area contributed by atoms with Crippen LogP contribution < -0.4 is 0 Å². The molecule has 1 aromatic carbocycles.